The molecule has 4 nitrogen and oxygen atoms in total. The normalized spacial score (nSPS) is 12.5. The Kier molecular flexibility index (Phi) is 6.31. The van der Waals surface area contributed by atoms with Crippen molar-refractivity contribution in [1.29, 1.82) is 0 Å². The number of carbonyl (C=O) groups is 1. The number of halogens is 1. The van der Waals surface area contributed by atoms with Crippen molar-refractivity contribution in [2.45, 2.75) is 32.9 Å². The second-order valence-corrected chi connectivity index (χ2v) is 5.72. The van der Waals surface area contributed by atoms with Gasteiger partial charge in [-0.15, -0.1) is 0 Å². The molecule has 0 spiro atoms. The quantitative estimate of drug-likeness (QED) is 0.807. The Labute approximate surface area is 122 Å². The van der Waals surface area contributed by atoms with Crippen molar-refractivity contribution in [2.24, 2.45) is 5.92 Å². The minimum atomic E-state index is -0.804. The van der Waals surface area contributed by atoms with Gasteiger partial charge in [-0.2, -0.15) is 0 Å². The predicted molar refractivity (Wildman–Crippen MR) is 78.4 cm³/mol. The van der Waals surface area contributed by atoms with Gasteiger partial charge in [-0.1, -0.05) is 19.9 Å². The summed E-state index contributed by atoms with van der Waals surface area (Å²) in [5.74, 6) is 0.304. The van der Waals surface area contributed by atoms with Crippen LogP contribution in [-0.4, -0.2) is 24.2 Å². The first-order valence-corrected chi connectivity index (χ1v) is 7.02. The van der Waals surface area contributed by atoms with Crippen molar-refractivity contribution < 1.29 is 14.6 Å². The summed E-state index contributed by atoms with van der Waals surface area (Å²) < 4.78 is 6.02. The van der Waals surface area contributed by atoms with Crippen molar-refractivity contribution in [3.8, 4) is 5.75 Å². The van der Waals surface area contributed by atoms with Gasteiger partial charge in [0, 0.05) is 6.54 Å². The summed E-state index contributed by atoms with van der Waals surface area (Å²) in [6.07, 6.45) is 0.618. The molecule has 0 aromatic heterocycles. The molecule has 0 unspecified atom stereocenters. The maximum atomic E-state index is 11.1. The van der Waals surface area contributed by atoms with E-state index in [0.29, 0.717) is 18.9 Å². The largest absolute Gasteiger partial charge is 0.496 e. The Bertz CT molecular complexity index is 435. The summed E-state index contributed by atoms with van der Waals surface area (Å²) in [7, 11) is 1.61. The molecule has 19 heavy (non-hydrogen) atoms. The summed E-state index contributed by atoms with van der Waals surface area (Å²) in [6.45, 7) is 4.55. The lowest BCUT2D eigenvalue weighted by Gasteiger charge is -2.16. The van der Waals surface area contributed by atoms with Crippen molar-refractivity contribution in [1.82, 2.24) is 5.32 Å². The highest BCUT2D eigenvalue weighted by Crippen LogP contribution is 2.25. The molecule has 0 bridgehead atoms. The molecular weight excluding hydrogens is 310 g/mol. The molecule has 0 saturated carbocycles. The fraction of sp³-hybridized carbons (Fsp3) is 0.500. The van der Waals surface area contributed by atoms with Gasteiger partial charge in [0.2, 0.25) is 0 Å². The van der Waals surface area contributed by atoms with Crippen LogP contribution in [0.1, 0.15) is 25.8 Å². The van der Waals surface area contributed by atoms with Crippen LogP contribution in [0.25, 0.3) is 0 Å². The summed E-state index contributed by atoms with van der Waals surface area (Å²) in [5, 5.41) is 12.2. The third-order valence-electron chi connectivity index (χ3n) is 2.77. The molecule has 1 aromatic carbocycles. The Morgan fingerprint density at radius 2 is 2.16 bits per heavy atom. The number of carboxylic acid groups (broad SMARTS) is 1. The maximum Gasteiger partial charge on any atom is 0.320 e. The van der Waals surface area contributed by atoms with E-state index >= 15 is 0 Å². The molecule has 106 valence electrons. The van der Waals surface area contributed by atoms with Crippen LogP contribution in [0.15, 0.2) is 22.7 Å². The zero-order chi connectivity index (χ0) is 14.4. The van der Waals surface area contributed by atoms with Crippen LogP contribution in [0.5, 0.6) is 5.75 Å². The molecule has 0 heterocycles. The molecule has 1 atom stereocenters. The number of methoxy groups -OCH3 is 1. The number of ether oxygens (including phenoxy) is 1. The topological polar surface area (TPSA) is 58.6 Å². The lowest BCUT2D eigenvalue weighted by Crippen LogP contribution is -2.37. The molecule has 1 rings (SSSR count). The maximum absolute atomic E-state index is 11.1. The molecular formula is C14H20BrNO3. The van der Waals surface area contributed by atoms with Gasteiger partial charge in [-0.05, 0) is 46.0 Å². The molecule has 0 radical (unpaired) electrons. The van der Waals surface area contributed by atoms with Crippen LogP contribution < -0.4 is 10.1 Å². The Hall–Kier alpha value is -1.07. The summed E-state index contributed by atoms with van der Waals surface area (Å²) in [6, 6.07) is 5.20. The second kappa shape index (κ2) is 7.50. The van der Waals surface area contributed by atoms with Crippen molar-refractivity contribution in [3.63, 3.8) is 0 Å². The lowest BCUT2D eigenvalue weighted by molar-refractivity contribution is -0.140. The first-order valence-electron chi connectivity index (χ1n) is 6.22. The zero-order valence-electron chi connectivity index (χ0n) is 11.4. The van der Waals surface area contributed by atoms with E-state index < -0.39 is 12.0 Å². The van der Waals surface area contributed by atoms with E-state index in [0.717, 1.165) is 15.8 Å². The minimum Gasteiger partial charge on any atom is -0.496 e. The van der Waals surface area contributed by atoms with Crippen LogP contribution in [0.3, 0.4) is 0 Å². The van der Waals surface area contributed by atoms with E-state index in [9.17, 15) is 4.79 Å². The highest BCUT2D eigenvalue weighted by atomic mass is 79.9. The zero-order valence-corrected chi connectivity index (χ0v) is 13.0. The second-order valence-electron chi connectivity index (χ2n) is 4.87. The fourth-order valence-corrected chi connectivity index (χ4v) is 2.39. The molecule has 0 aliphatic rings. The summed E-state index contributed by atoms with van der Waals surface area (Å²) >= 11 is 3.41. The molecule has 0 aliphatic heterocycles. The highest BCUT2D eigenvalue weighted by molar-refractivity contribution is 9.10. The third kappa shape index (κ3) is 5.20. The summed E-state index contributed by atoms with van der Waals surface area (Å²) in [4.78, 5) is 11.1. The van der Waals surface area contributed by atoms with Crippen molar-refractivity contribution >= 4 is 21.9 Å². The van der Waals surface area contributed by atoms with E-state index in [1.165, 1.54) is 0 Å². The van der Waals surface area contributed by atoms with E-state index in [1.54, 1.807) is 7.11 Å². The number of aliphatic carboxylic acids is 1. The van der Waals surface area contributed by atoms with Gasteiger partial charge in [-0.25, -0.2) is 0 Å². The molecule has 0 saturated heterocycles. The van der Waals surface area contributed by atoms with Crippen molar-refractivity contribution in [2.75, 3.05) is 7.11 Å². The number of hydrogen-bond donors (Lipinski definition) is 2. The smallest absolute Gasteiger partial charge is 0.320 e. The molecule has 2 N–H and O–H groups in total. The average molecular weight is 330 g/mol. The van der Waals surface area contributed by atoms with Gasteiger partial charge < -0.3 is 15.2 Å². The standard InChI is InChI=1S/C14H20BrNO3/c1-9(2)6-12(14(17)18)16-8-10-4-5-13(19-3)11(15)7-10/h4-5,7,9,12,16H,6,8H2,1-3H3,(H,17,18)/t12-/m0/s1. The molecule has 5 heteroatoms. The lowest BCUT2D eigenvalue weighted by atomic mass is 10.0. The van der Waals surface area contributed by atoms with E-state index in [-0.39, 0.29) is 0 Å². The van der Waals surface area contributed by atoms with Crippen LogP contribution in [0, 0.1) is 5.92 Å². The number of benzene rings is 1. The molecule has 0 amide bonds. The van der Waals surface area contributed by atoms with Gasteiger partial charge in [0.05, 0.1) is 11.6 Å². The van der Waals surface area contributed by atoms with Crippen LogP contribution in [0.2, 0.25) is 0 Å². The van der Waals surface area contributed by atoms with Crippen LogP contribution in [0.4, 0.5) is 0 Å². The monoisotopic (exact) mass is 329 g/mol. The van der Waals surface area contributed by atoms with Gasteiger partial charge in [0.25, 0.3) is 0 Å². The van der Waals surface area contributed by atoms with Gasteiger partial charge in [-0.3, -0.25) is 4.79 Å². The van der Waals surface area contributed by atoms with Crippen LogP contribution in [-0.2, 0) is 11.3 Å². The fourth-order valence-electron chi connectivity index (χ4n) is 1.80. The van der Waals surface area contributed by atoms with Crippen LogP contribution >= 0.6 is 15.9 Å². The summed E-state index contributed by atoms with van der Waals surface area (Å²) in [5.41, 5.74) is 1.02. The Morgan fingerprint density at radius 3 is 2.63 bits per heavy atom. The average Bonchev–Trinajstić information content (AvgIpc) is 2.34. The number of carboxylic acids is 1. The van der Waals surface area contributed by atoms with E-state index in [1.807, 2.05) is 32.0 Å². The predicted octanol–water partition coefficient (Wildman–Crippen LogP) is 3.05. The Morgan fingerprint density at radius 1 is 1.47 bits per heavy atom. The first-order chi connectivity index (χ1) is 8.93. The van der Waals surface area contributed by atoms with Gasteiger partial charge in [0.1, 0.15) is 11.8 Å². The van der Waals surface area contributed by atoms with Gasteiger partial charge >= 0.3 is 5.97 Å². The van der Waals surface area contributed by atoms with E-state index in [4.69, 9.17) is 9.84 Å². The first kappa shape index (κ1) is 16.0. The molecule has 0 fully saturated rings. The third-order valence-corrected chi connectivity index (χ3v) is 3.39. The Balaban J connectivity index is 2.64. The SMILES string of the molecule is COc1ccc(CN[C@@H](CC(C)C)C(=O)O)cc1Br. The minimum absolute atomic E-state index is 0.344. The molecule has 0 aliphatic carbocycles. The number of nitrogens with one attached hydrogen (secondary N) is 1. The van der Waals surface area contributed by atoms with Gasteiger partial charge in [0.15, 0.2) is 0 Å². The van der Waals surface area contributed by atoms with E-state index in [2.05, 4.69) is 21.2 Å². The molecule has 1 aromatic rings. The van der Waals surface area contributed by atoms with Crippen molar-refractivity contribution in [3.05, 3.63) is 28.2 Å². The number of rotatable bonds is 7. The highest BCUT2D eigenvalue weighted by Gasteiger charge is 2.18. The number of hydrogen-bond acceptors (Lipinski definition) is 3.